The minimum Gasteiger partial charge on any atom is -0.463 e. The summed E-state index contributed by atoms with van der Waals surface area (Å²) in [7, 11) is 0. The fourth-order valence-electron chi connectivity index (χ4n) is 2.53. The molecule has 0 aliphatic rings. The molecular weight excluding hydrogens is 276 g/mol. The Kier molecular flexibility index (Phi) is 6.18. The molecule has 0 aromatic heterocycles. The van der Waals surface area contributed by atoms with E-state index in [1.807, 2.05) is 0 Å². The van der Waals surface area contributed by atoms with Crippen LogP contribution in [0.15, 0.2) is 24.3 Å². The van der Waals surface area contributed by atoms with Crippen molar-refractivity contribution in [3.05, 3.63) is 35.4 Å². The number of benzene rings is 1. The fourth-order valence-corrected chi connectivity index (χ4v) is 2.53. The standard InChI is InChI=1S/C19H30O3/c1-18(2,3)15-9-7-8-14(12-15)16(19(4,5)6)13-17(21)22-11-10-20/h7-9,12,16,20H,10-11,13H2,1-6H3. The van der Waals surface area contributed by atoms with Gasteiger partial charge in [0.05, 0.1) is 13.0 Å². The van der Waals surface area contributed by atoms with Crippen LogP contribution in [-0.2, 0) is 14.9 Å². The van der Waals surface area contributed by atoms with E-state index in [2.05, 4.69) is 65.8 Å². The summed E-state index contributed by atoms with van der Waals surface area (Å²) in [4.78, 5) is 12.0. The lowest BCUT2D eigenvalue weighted by molar-refractivity contribution is -0.145. The third-order valence-electron chi connectivity index (χ3n) is 3.93. The molecule has 3 heteroatoms. The summed E-state index contributed by atoms with van der Waals surface area (Å²) in [6.07, 6.45) is 0.330. The van der Waals surface area contributed by atoms with Crippen LogP contribution in [0.2, 0.25) is 0 Å². The quantitative estimate of drug-likeness (QED) is 0.835. The van der Waals surface area contributed by atoms with Crippen LogP contribution in [-0.4, -0.2) is 24.3 Å². The lowest BCUT2D eigenvalue weighted by Gasteiger charge is -2.31. The predicted octanol–water partition coefficient (Wildman–Crippen LogP) is 4.04. The van der Waals surface area contributed by atoms with Gasteiger partial charge in [0.25, 0.3) is 0 Å². The van der Waals surface area contributed by atoms with Gasteiger partial charge in [-0.05, 0) is 27.9 Å². The summed E-state index contributed by atoms with van der Waals surface area (Å²) >= 11 is 0. The van der Waals surface area contributed by atoms with Gasteiger partial charge in [-0.25, -0.2) is 0 Å². The Labute approximate surface area is 134 Å². The first kappa shape index (κ1) is 18.7. The molecular formula is C19H30O3. The summed E-state index contributed by atoms with van der Waals surface area (Å²) in [5.41, 5.74) is 2.47. The van der Waals surface area contributed by atoms with Crippen LogP contribution in [0.3, 0.4) is 0 Å². The van der Waals surface area contributed by atoms with Gasteiger partial charge in [-0.3, -0.25) is 4.79 Å². The van der Waals surface area contributed by atoms with Gasteiger partial charge in [0.15, 0.2) is 0 Å². The van der Waals surface area contributed by atoms with Crippen LogP contribution in [0, 0.1) is 5.41 Å². The topological polar surface area (TPSA) is 46.5 Å². The average molecular weight is 306 g/mol. The number of aliphatic hydroxyl groups is 1. The lowest BCUT2D eigenvalue weighted by Crippen LogP contribution is -2.24. The molecule has 0 fully saturated rings. The van der Waals surface area contributed by atoms with E-state index in [0.717, 1.165) is 0 Å². The molecule has 0 aliphatic carbocycles. The summed E-state index contributed by atoms with van der Waals surface area (Å²) in [5.74, 6) is -0.170. The average Bonchev–Trinajstić information content (AvgIpc) is 2.40. The minimum absolute atomic E-state index is 0.0469. The molecule has 3 nitrogen and oxygen atoms in total. The van der Waals surface area contributed by atoms with Crippen molar-refractivity contribution in [1.82, 2.24) is 0 Å². The molecule has 1 atom stereocenters. The second-order valence-electron chi connectivity index (χ2n) is 7.94. The second kappa shape index (κ2) is 7.28. The normalized spacial score (nSPS) is 13.8. The van der Waals surface area contributed by atoms with Crippen molar-refractivity contribution in [2.75, 3.05) is 13.2 Å². The van der Waals surface area contributed by atoms with Crippen LogP contribution in [0.5, 0.6) is 0 Å². The Hall–Kier alpha value is -1.35. The first-order valence-electron chi connectivity index (χ1n) is 7.92. The van der Waals surface area contributed by atoms with E-state index >= 15 is 0 Å². The molecule has 22 heavy (non-hydrogen) atoms. The van der Waals surface area contributed by atoms with Gasteiger partial charge >= 0.3 is 5.97 Å². The molecule has 0 saturated heterocycles. The number of esters is 1. The first-order valence-corrected chi connectivity index (χ1v) is 7.92. The SMILES string of the molecule is CC(C)(C)c1cccc(C(CC(=O)OCCO)C(C)(C)C)c1. The Morgan fingerprint density at radius 1 is 1.18 bits per heavy atom. The number of rotatable bonds is 5. The Morgan fingerprint density at radius 3 is 2.32 bits per heavy atom. The zero-order valence-corrected chi connectivity index (χ0v) is 14.8. The van der Waals surface area contributed by atoms with E-state index in [1.54, 1.807) is 0 Å². The summed E-state index contributed by atoms with van der Waals surface area (Å²) in [6, 6.07) is 8.49. The lowest BCUT2D eigenvalue weighted by atomic mass is 9.73. The van der Waals surface area contributed by atoms with Crippen LogP contribution in [0.4, 0.5) is 0 Å². The molecule has 1 aromatic rings. The molecule has 1 aromatic carbocycles. The molecule has 0 heterocycles. The van der Waals surface area contributed by atoms with Crippen LogP contribution in [0.1, 0.15) is 65.0 Å². The number of hydrogen-bond acceptors (Lipinski definition) is 3. The van der Waals surface area contributed by atoms with E-state index in [0.29, 0.717) is 6.42 Å². The third kappa shape index (κ3) is 5.45. The van der Waals surface area contributed by atoms with Gasteiger partial charge < -0.3 is 9.84 Å². The maximum absolute atomic E-state index is 12.0. The molecule has 1 rings (SSSR count). The van der Waals surface area contributed by atoms with Crippen molar-refractivity contribution in [2.24, 2.45) is 5.41 Å². The monoisotopic (exact) mass is 306 g/mol. The third-order valence-corrected chi connectivity index (χ3v) is 3.93. The molecule has 1 unspecified atom stereocenters. The molecule has 124 valence electrons. The highest BCUT2D eigenvalue weighted by Gasteiger charge is 2.30. The maximum Gasteiger partial charge on any atom is 0.306 e. The maximum atomic E-state index is 12.0. The zero-order chi connectivity index (χ0) is 17.0. The van der Waals surface area contributed by atoms with E-state index in [9.17, 15) is 4.79 Å². The Morgan fingerprint density at radius 2 is 1.82 bits per heavy atom. The van der Waals surface area contributed by atoms with Crippen molar-refractivity contribution >= 4 is 5.97 Å². The van der Waals surface area contributed by atoms with E-state index < -0.39 is 0 Å². The summed E-state index contributed by atoms with van der Waals surface area (Å²) in [5, 5.41) is 8.77. The van der Waals surface area contributed by atoms with Gasteiger partial charge in [0.2, 0.25) is 0 Å². The first-order chi connectivity index (χ1) is 10.1. The number of carbonyl (C=O) groups excluding carboxylic acids is 1. The van der Waals surface area contributed by atoms with E-state index in [4.69, 9.17) is 9.84 Å². The Bertz CT molecular complexity index is 492. The number of ether oxygens (including phenoxy) is 1. The van der Waals surface area contributed by atoms with Crippen molar-refractivity contribution in [3.63, 3.8) is 0 Å². The largest absolute Gasteiger partial charge is 0.463 e. The van der Waals surface area contributed by atoms with Crippen molar-refractivity contribution < 1.29 is 14.6 Å². The van der Waals surface area contributed by atoms with E-state index in [-0.39, 0.29) is 35.9 Å². The molecule has 0 aliphatic heterocycles. The molecule has 0 spiro atoms. The predicted molar refractivity (Wildman–Crippen MR) is 90.0 cm³/mol. The minimum atomic E-state index is -0.255. The van der Waals surface area contributed by atoms with E-state index in [1.165, 1.54) is 11.1 Å². The second-order valence-corrected chi connectivity index (χ2v) is 7.94. The van der Waals surface area contributed by atoms with Gasteiger partial charge in [0, 0.05) is 0 Å². The highest BCUT2D eigenvalue weighted by atomic mass is 16.5. The number of hydrogen-bond donors (Lipinski definition) is 1. The highest BCUT2D eigenvalue weighted by Crippen LogP contribution is 2.39. The van der Waals surface area contributed by atoms with Crippen molar-refractivity contribution in [3.8, 4) is 0 Å². The highest BCUT2D eigenvalue weighted by molar-refractivity contribution is 5.70. The van der Waals surface area contributed by atoms with Crippen LogP contribution < -0.4 is 0 Å². The fraction of sp³-hybridized carbons (Fsp3) is 0.632. The van der Waals surface area contributed by atoms with Crippen LogP contribution in [0.25, 0.3) is 0 Å². The smallest absolute Gasteiger partial charge is 0.306 e. The molecule has 1 N–H and O–H groups in total. The van der Waals surface area contributed by atoms with Gasteiger partial charge in [-0.1, -0.05) is 65.8 Å². The number of aliphatic hydroxyl groups excluding tert-OH is 1. The molecule has 0 radical (unpaired) electrons. The van der Waals surface area contributed by atoms with Gasteiger partial charge in [-0.2, -0.15) is 0 Å². The van der Waals surface area contributed by atoms with Crippen molar-refractivity contribution in [2.45, 2.75) is 59.3 Å². The van der Waals surface area contributed by atoms with Gasteiger partial charge in [0.1, 0.15) is 6.61 Å². The van der Waals surface area contributed by atoms with Gasteiger partial charge in [-0.15, -0.1) is 0 Å². The molecule has 0 bridgehead atoms. The summed E-state index contributed by atoms with van der Waals surface area (Å²) < 4.78 is 5.05. The van der Waals surface area contributed by atoms with Crippen LogP contribution >= 0.6 is 0 Å². The number of carbonyl (C=O) groups is 1. The van der Waals surface area contributed by atoms with Crippen molar-refractivity contribution in [1.29, 1.82) is 0 Å². The molecule has 0 amide bonds. The molecule has 0 saturated carbocycles. The zero-order valence-electron chi connectivity index (χ0n) is 14.8. The summed E-state index contributed by atoms with van der Waals surface area (Å²) in [6.45, 7) is 12.9. The Balaban J connectivity index is 3.06.